The summed E-state index contributed by atoms with van der Waals surface area (Å²) in [7, 11) is 0. The van der Waals surface area contributed by atoms with Crippen LogP contribution < -0.4 is 5.73 Å². The van der Waals surface area contributed by atoms with Crippen molar-refractivity contribution < 1.29 is 0 Å². The lowest BCUT2D eigenvalue weighted by molar-refractivity contribution is 0.438. The van der Waals surface area contributed by atoms with Gasteiger partial charge in [-0.3, -0.25) is 0 Å². The number of benzene rings is 1. The summed E-state index contributed by atoms with van der Waals surface area (Å²) in [5.41, 5.74) is 9.18. The molecule has 1 aromatic carbocycles. The average molecular weight is 258 g/mol. The highest BCUT2D eigenvalue weighted by atomic mass is 32.1. The number of para-hydroxylation sites is 1. The number of nitrogens with zero attached hydrogens (tertiary/aromatic N) is 1. The minimum atomic E-state index is 0.675. The fourth-order valence-electron chi connectivity index (χ4n) is 2.69. The van der Waals surface area contributed by atoms with Gasteiger partial charge < -0.3 is 5.73 Å². The van der Waals surface area contributed by atoms with Crippen molar-refractivity contribution in [2.75, 3.05) is 5.73 Å². The van der Waals surface area contributed by atoms with Crippen LogP contribution in [0.2, 0.25) is 0 Å². The van der Waals surface area contributed by atoms with E-state index >= 15 is 0 Å². The third-order valence-corrected chi connectivity index (χ3v) is 4.63. The van der Waals surface area contributed by atoms with E-state index in [9.17, 15) is 0 Å². The molecule has 0 amide bonds. The first-order valence-electron chi connectivity index (χ1n) is 6.65. The van der Waals surface area contributed by atoms with Crippen LogP contribution in [0, 0.1) is 0 Å². The van der Waals surface area contributed by atoms with Crippen LogP contribution in [0.3, 0.4) is 0 Å². The molecule has 2 aromatic rings. The second-order valence-electron chi connectivity index (χ2n) is 5.00. The van der Waals surface area contributed by atoms with E-state index in [1.165, 1.54) is 37.8 Å². The predicted octanol–water partition coefficient (Wildman–Crippen LogP) is 4.44. The Labute approximate surface area is 112 Å². The largest absolute Gasteiger partial charge is 0.398 e. The highest BCUT2D eigenvalue weighted by Gasteiger charge is 2.18. The monoisotopic (exact) mass is 258 g/mol. The number of hydrogen-bond donors (Lipinski definition) is 1. The molecule has 3 rings (SSSR count). The zero-order valence-corrected chi connectivity index (χ0v) is 11.2. The normalized spacial score (nSPS) is 16.9. The van der Waals surface area contributed by atoms with Crippen LogP contribution in [0.4, 0.5) is 5.69 Å². The van der Waals surface area contributed by atoms with Gasteiger partial charge in [0.1, 0.15) is 5.01 Å². The van der Waals surface area contributed by atoms with Crippen molar-refractivity contribution in [1.82, 2.24) is 4.98 Å². The SMILES string of the molecule is Nc1ccccc1-c1nc(C2CCCCC2)cs1. The molecule has 0 saturated heterocycles. The summed E-state index contributed by atoms with van der Waals surface area (Å²) < 4.78 is 0. The van der Waals surface area contributed by atoms with E-state index in [4.69, 9.17) is 10.7 Å². The number of nitrogens with two attached hydrogens (primary N) is 1. The van der Waals surface area contributed by atoms with E-state index in [0.717, 1.165) is 16.3 Å². The molecule has 1 aromatic heterocycles. The summed E-state index contributed by atoms with van der Waals surface area (Å²) in [6, 6.07) is 7.98. The molecule has 0 aliphatic heterocycles. The fourth-order valence-corrected chi connectivity index (χ4v) is 3.64. The first-order valence-corrected chi connectivity index (χ1v) is 7.53. The third kappa shape index (κ3) is 2.27. The van der Waals surface area contributed by atoms with Crippen molar-refractivity contribution in [3.8, 4) is 10.6 Å². The van der Waals surface area contributed by atoms with Crippen LogP contribution in [0.25, 0.3) is 10.6 Å². The third-order valence-electron chi connectivity index (χ3n) is 3.74. The maximum absolute atomic E-state index is 6.01. The van der Waals surface area contributed by atoms with Gasteiger partial charge in [-0.15, -0.1) is 11.3 Å². The maximum atomic E-state index is 6.01. The fraction of sp³-hybridized carbons (Fsp3) is 0.400. The number of rotatable bonds is 2. The molecule has 2 nitrogen and oxygen atoms in total. The van der Waals surface area contributed by atoms with Crippen molar-refractivity contribution in [3.05, 3.63) is 35.3 Å². The van der Waals surface area contributed by atoms with E-state index in [0.29, 0.717) is 5.92 Å². The molecule has 0 atom stereocenters. The summed E-state index contributed by atoms with van der Waals surface area (Å²) in [6.45, 7) is 0. The van der Waals surface area contributed by atoms with Gasteiger partial charge in [0.15, 0.2) is 0 Å². The van der Waals surface area contributed by atoms with Crippen LogP contribution in [-0.2, 0) is 0 Å². The van der Waals surface area contributed by atoms with Crippen molar-refractivity contribution in [2.45, 2.75) is 38.0 Å². The number of anilines is 1. The van der Waals surface area contributed by atoms with Crippen LogP contribution >= 0.6 is 11.3 Å². The van der Waals surface area contributed by atoms with Gasteiger partial charge in [-0.05, 0) is 25.0 Å². The van der Waals surface area contributed by atoms with Gasteiger partial charge in [-0.2, -0.15) is 0 Å². The molecule has 0 spiro atoms. The smallest absolute Gasteiger partial charge is 0.125 e. The van der Waals surface area contributed by atoms with Gasteiger partial charge in [-0.25, -0.2) is 4.98 Å². The Bertz CT molecular complexity index is 527. The zero-order chi connectivity index (χ0) is 12.4. The molecule has 1 aliphatic rings. The molecule has 1 saturated carbocycles. The average Bonchev–Trinajstić information content (AvgIpc) is 2.90. The lowest BCUT2D eigenvalue weighted by atomic mass is 9.87. The predicted molar refractivity (Wildman–Crippen MR) is 77.8 cm³/mol. The molecule has 0 unspecified atom stereocenters. The summed E-state index contributed by atoms with van der Waals surface area (Å²) in [5, 5.41) is 3.28. The van der Waals surface area contributed by atoms with Gasteiger partial charge in [0, 0.05) is 22.5 Å². The number of aromatic nitrogens is 1. The second kappa shape index (κ2) is 5.11. The van der Waals surface area contributed by atoms with Gasteiger partial charge >= 0.3 is 0 Å². The van der Waals surface area contributed by atoms with Gasteiger partial charge in [0.05, 0.1) is 5.69 Å². The molecular formula is C15H18N2S. The Morgan fingerprint density at radius 1 is 1.11 bits per heavy atom. The van der Waals surface area contributed by atoms with Gasteiger partial charge in [0.25, 0.3) is 0 Å². The molecule has 1 aliphatic carbocycles. The van der Waals surface area contributed by atoms with Crippen LogP contribution in [0.15, 0.2) is 29.6 Å². The topological polar surface area (TPSA) is 38.9 Å². The number of nitrogen functional groups attached to an aromatic ring is 1. The minimum absolute atomic E-state index is 0.675. The Morgan fingerprint density at radius 3 is 2.67 bits per heavy atom. The molecule has 94 valence electrons. The Kier molecular flexibility index (Phi) is 3.33. The highest BCUT2D eigenvalue weighted by molar-refractivity contribution is 7.13. The second-order valence-corrected chi connectivity index (χ2v) is 5.86. The lowest BCUT2D eigenvalue weighted by Crippen LogP contribution is -2.04. The molecule has 18 heavy (non-hydrogen) atoms. The summed E-state index contributed by atoms with van der Waals surface area (Å²) in [5.74, 6) is 0.675. The van der Waals surface area contributed by atoms with Crippen molar-refractivity contribution in [2.24, 2.45) is 0 Å². The van der Waals surface area contributed by atoms with Crippen molar-refractivity contribution in [3.63, 3.8) is 0 Å². The first kappa shape index (κ1) is 11.7. The van der Waals surface area contributed by atoms with Crippen LogP contribution in [0.5, 0.6) is 0 Å². The Hall–Kier alpha value is -1.35. The molecule has 3 heteroatoms. The van der Waals surface area contributed by atoms with Crippen molar-refractivity contribution >= 4 is 17.0 Å². The summed E-state index contributed by atoms with van der Waals surface area (Å²) in [6.07, 6.45) is 6.69. The number of hydrogen-bond acceptors (Lipinski definition) is 3. The molecule has 0 radical (unpaired) electrons. The lowest BCUT2D eigenvalue weighted by Gasteiger charge is -2.19. The number of thiazole rings is 1. The minimum Gasteiger partial charge on any atom is -0.398 e. The van der Waals surface area contributed by atoms with Gasteiger partial charge in [-0.1, -0.05) is 31.4 Å². The van der Waals surface area contributed by atoms with Crippen LogP contribution in [0.1, 0.15) is 43.7 Å². The first-order chi connectivity index (χ1) is 8.84. The standard InChI is InChI=1S/C15H18N2S/c16-13-9-5-4-8-12(13)15-17-14(10-18-15)11-6-2-1-3-7-11/h4-5,8-11H,1-3,6-7,16H2. The van der Waals surface area contributed by atoms with E-state index in [1.807, 2.05) is 18.2 Å². The van der Waals surface area contributed by atoms with Gasteiger partial charge in [0.2, 0.25) is 0 Å². The summed E-state index contributed by atoms with van der Waals surface area (Å²) >= 11 is 1.72. The van der Waals surface area contributed by atoms with E-state index < -0.39 is 0 Å². The molecule has 2 N–H and O–H groups in total. The van der Waals surface area contributed by atoms with E-state index in [2.05, 4.69) is 11.4 Å². The summed E-state index contributed by atoms with van der Waals surface area (Å²) in [4.78, 5) is 4.80. The Morgan fingerprint density at radius 2 is 1.89 bits per heavy atom. The van der Waals surface area contributed by atoms with Crippen molar-refractivity contribution in [1.29, 1.82) is 0 Å². The van der Waals surface area contributed by atoms with E-state index in [1.54, 1.807) is 11.3 Å². The zero-order valence-electron chi connectivity index (χ0n) is 10.4. The Balaban J connectivity index is 1.87. The molecule has 0 bridgehead atoms. The molecule has 1 fully saturated rings. The molecular weight excluding hydrogens is 240 g/mol. The highest BCUT2D eigenvalue weighted by Crippen LogP contribution is 2.36. The van der Waals surface area contributed by atoms with E-state index in [-0.39, 0.29) is 0 Å². The quantitative estimate of drug-likeness (QED) is 0.809. The maximum Gasteiger partial charge on any atom is 0.125 e. The van der Waals surface area contributed by atoms with Crippen LogP contribution in [-0.4, -0.2) is 4.98 Å². The molecule has 1 heterocycles.